The molecule has 134 valence electrons. The van der Waals surface area contributed by atoms with Gasteiger partial charge in [-0.15, -0.1) is 0 Å². The molecule has 0 bridgehead atoms. The number of aromatic nitrogens is 2. The van der Waals surface area contributed by atoms with Gasteiger partial charge in [0.15, 0.2) is 0 Å². The van der Waals surface area contributed by atoms with Crippen LogP contribution in [0.1, 0.15) is 39.0 Å². The van der Waals surface area contributed by atoms with Gasteiger partial charge in [0, 0.05) is 11.7 Å². The minimum absolute atomic E-state index is 0.334. The average Bonchev–Trinajstić information content (AvgIpc) is 2.96. The maximum Gasteiger partial charge on any atom is 0.498 e. The molecule has 2 aromatic rings. The van der Waals surface area contributed by atoms with E-state index in [1.165, 1.54) is 10.7 Å². The number of halogens is 3. The lowest BCUT2D eigenvalue weighted by molar-refractivity contribution is -0.137. The van der Waals surface area contributed by atoms with E-state index in [2.05, 4.69) is 5.10 Å². The van der Waals surface area contributed by atoms with Gasteiger partial charge >= 0.3 is 13.3 Å². The number of rotatable bonds is 2. The van der Waals surface area contributed by atoms with Crippen LogP contribution in [0.2, 0.25) is 0 Å². The summed E-state index contributed by atoms with van der Waals surface area (Å²) in [4.78, 5) is 0. The molecule has 1 aliphatic heterocycles. The topological polar surface area (TPSA) is 36.3 Å². The maximum atomic E-state index is 12.9. The highest BCUT2D eigenvalue weighted by molar-refractivity contribution is 6.62. The van der Waals surface area contributed by atoms with Crippen molar-refractivity contribution in [2.45, 2.75) is 52.0 Å². The third-order valence-corrected chi connectivity index (χ3v) is 4.88. The first-order valence-electron chi connectivity index (χ1n) is 8.00. The molecule has 0 aliphatic carbocycles. The highest BCUT2D eigenvalue weighted by atomic mass is 19.4. The summed E-state index contributed by atoms with van der Waals surface area (Å²) in [5, 5.41) is 4.33. The zero-order chi connectivity index (χ0) is 18.6. The molecule has 1 aromatic heterocycles. The van der Waals surface area contributed by atoms with Crippen LogP contribution in [-0.2, 0) is 15.5 Å². The van der Waals surface area contributed by atoms with E-state index in [9.17, 15) is 13.2 Å². The predicted molar refractivity (Wildman–Crippen MR) is 89.0 cm³/mol. The van der Waals surface area contributed by atoms with Gasteiger partial charge in [0.2, 0.25) is 0 Å². The molecule has 0 radical (unpaired) electrons. The van der Waals surface area contributed by atoms with Gasteiger partial charge in [0.05, 0.1) is 28.1 Å². The Labute approximate surface area is 145 Å². The van der Waals surface area contributed by atoms with E-state index in [0.717, 1.165) is 12.1 Å². The highest BCUT2D eigenvalue weighted by Gasteiger charge is 2.52. The molecule has 8 heteroatoms. The average molecular weight is 352 g/mol. The lowest BCUT2D eigenvalue weighted by Gasteiger charge is -2.32. The van der Waals surface area contributed by atoms with Crippen LogP contribution in [0.5, 0.6) is 0 Å². The summed E-state index contributed by atoms with van der Waals surface area (Å²) in [6.07, 6.45) is -2.74. The summed E-state index contributed by atoms with van der Waals surface area (Å²) in [5.74, 6) is 0. The fourth-order valence-electron chi connectivity index (χ4n) is 2.63. The molecular formula is C17H20BF3N2O2. The quantitative estimate of drug-likeness (QED) is 0.777. The molecule has 0 spiro atoms. The number of hydrogen-bond donors (Lipinski definition) is 0. The number of hydrogen-bond acceptors (Lipinski definition) is 3. The van der Waals surface area contributed by atoms with Crippen LogP contribution < -0.4 is 5.46 Å². The molecule has 3 rings (SSSR count). The molecule has 1 aliphatic rings. The van der Waals surface area contributed by atoms with Crippen LogP contribution in [0.3, 0.4) is 0 Å². The predicted octanol–water partition coefficient (Wildman–Crippen LogP) is 3.50. The van der Waals surface area contributed by atoms with Crippen LogP contribution in [0.4, 0.5) is 13.2 Å². The second-order valence-electron chi connectivity index (χ2n) is 7.25. The van der Waals surface area contributed by atoms with Gasteiger partial charge in [-0.1, -0.05) is 6.07 Å². The monoisotopic (exact) mass is 352 g/mol. The summed E-state index contributed by atoms with van der Waals surface area (Å²) in [6.45, 7) is 9.56. The van der Waals surface area contributed by atoms with Crippen molar-refractivity contribution in [1.82, 2.24) is 9.78 Å². The summed E-state index contributed by atoms with van der Waals surface area (Å²) in [6, 6.07) is 5.05. The molecule has 25 heavy (non-hydrogen) atoms. The fraction of sp³-hybridized carbons (Fsp3) is 0.471. The van der Waals surface area contributed by atoms with Gasteiger partial charge in [0.25, 0.3) is 0 Å². The largest absolute Gasteiger partial charge is 0.498 e. The fourth-order valence-corrected chi connectivity index (χ4v) is 2.63. The van der Waals surface area contributed by atoms with Gasteiger partial charge in [0.1, 0.15) is 0 Å². The van der Waals surface area contributed by atoms with Crippen molar-refractivity contribution in [2.24, 2.45) is 0 Å². The summed E-state index contributed by atoms with van der Waals surface area (Å²) in [7, 11) is -0.607. The van der Waals surface area contributed by atoms with Crippen molar-refractivity contribution < 1.29 is 22.5 Å². The van der Waals surface area contributed by atoms with Crippen molar-refractivity contribution >= 4 is 12.6 Å². The first-order chi connectivity index (χ1) is 11.4. The summed E-state index contributed by atoms with van der Waals surface area (Å²) in [5.41, 5.74) is -0.0202. The van der Waals surface area contributed by atoms with Gasteiger partial charge < -0.3 is 9.31 Å². The molecule has 4 nitrogen and oxygen atoms in total. The molecule has 0 saturated carbocycles. The molecule has 2 heterocycles. The Morgan fingerprint density at radius 1 is 1.08 bits per heavy atom. The molecule has 1 fully saturated rings. The molecular weight excluding hydrogens is 332 g/mol. The minimum atomic E-state index is -4.40. The third-order valence-electron chi connectivity index (χ3n) is 4.88. The highest BCUT2D eigenvalue weighted by Crippen LogP contribution is 2.36. The van der Waals surface area contributed by atoms with Crippen molar-refractivity contribution in [3.8, 4) is 5.69 Å². The molecule has 1 saturated heterocycles. The molecule has 0 N–H and O–H groups in total. The zero-order valence-corrected chi connectivity index (χ0v) is 14.8. The van der Waals surface area contributed by atoms with Crippen LogP contribution >= 0.6 is 0 Å². The zero-order valence-electron chi connectivity index (χ0n) is 14.8. The SMILES string of the molecule is Cc1nn(-c2cccc(C(F)(F)F)c2)cc1B1OC(C)(C)C(C)(C)O1. The van der Waals surface area contributed by atoms with E-state index in [1.54, 1.807) is 19.2 Å². The second-order valence-corrected chi connectivity index (χ2v) is 7.25. The first-order valence-corrected chi connectivity index (χ1v) is 8.00. The number of alkyl halides is 3. The number of nitrogens with zero attached hydrogens (tertiary/aromatic N) is 2. The Morgan fingerprint density at radius 3 is 2.24 bits per heavy atom. The number of benzene rings is 1. The van der Waals surface area contributed by atoms with Crippen LogP contribution in [0.15, 0.2) is 30.5 Å². The van der Waals surface area contributed by atoms with Gasteiger partial charge in [-0.3, -0.25) is 0 Å². The second kappa shape index (κ2) is 5.61. The summed E-state index contributed by atoms with van der Waals surface area (Å²) < 4.78 is 52.2. The van der Waals surface area contributed by atoms with E-state index in [1.807, 2.05) is 27.7 Å². The Morgan fingerprint density at radius 2 is 1.68 bits per heavy atom. The van der Waals surface area contributed by atoms with Crippen molar-refractivity contribution in [3.05, 3.63) is 41.7 Å². The van der Waals surface area contributed by atoms with Crippen LogP contribution in [0, 0.1) is 6.92 Å². The molecule has 0 atom stereocenters. The van der Waals surface area contributed by atoms with Crippen molar-refractivity contribution in [2.75, 3.05) is 0 Å². The Hall–Kier alpha value is -1.80. The van der Waals surface area contributed by atoms with E-state index < -0.39 is 30.1 Å². The minimum Gasteiger partial charge on any atom is -0.399 e. The van der Waals surface area contributed by atoms with Crippen LogP contribution in [0.25, 0.3) is 5.69 Å². The maximum absolute atomic E-state index is 12.9. The lowest BCUT2D eigenvalue weighted by atomic mass is 9.79. The molecule has 0 amide bonds. The van der Waals surface area contributed by atoms with E-state index in [0.29, 0.717) is 16.8 Å². The van der Waals surface area contributed by atoms with E-state index in [-0.39, 0.29) is 0 Å². The van der Waals surface area contributed by atoms with Gasteiger partial charge in [-0.2, -0.15) is 18.3 Å². The van der Waals surface area contributed by atoms with Gasteiger partial charge in [-0.25, -0.2) is 4.68 Å². The third kappa shape index (κ3) is 3.20. The van der Waals surface area contributed by atoms with Gasteiger partial charge in [-0.05, 0) is 52.8 Å². The smallest absolute Gasteiger partial charge is 0.399 e. The Bertz CT molecular complexity index is 783. The van der Waals surface area contributed by atoms with Crippen molar-refractivity contribution in [3.63, 3.8) is 0 Å². The lowest BCUT2D eigenvalue weighted by Crippen LogP contribution is -2.41. The Kier molecular flexibility index (Phi) is 4.04. The molecule has 1 aromatic carbocycles. The van der Waals surface area contributed by atoms with E-state index >= 15 is 0 Å². The molecule has 0 unspecified atom stereocenters. The first kappa shape index (κ1) is 18.0. The van der Waals surface area contributed by atoms with Crippen LogP contribution in [-0.4, -0.2) is 28.1 Å². The van der Waals surface area contributed by atoms with E-state index in [4.69, 9.17) is 9.31 Å². The standard InChI is InChI=1S/C17H20BF3N2O2/c1-11-14(18-24-15(2,3)16(4,5)25-18)10-23(22-11)13-8-6-7-12(9-13)17(19,20)21/h6-10H,1-5H3. The Balaban J connectivity index is 1.95. The normalized spacial score (nSPS) is 19.4. The summed E-state index contributed by atoms with van der Waals surface area (Å²) >= 11 is 0. The number of aryl methyl sites for hydroxylation is 1. The van der Waals surface area contributed by atoms with Crippen molar-refractivity contribution in [1.29, 1.82) is 0 Å².